The number of benzene rings is 1. The molecule has 7 nitrogen and oxygen atoms in total. The Morgan fingerprint density at radius 1 is 1.29 bits per heavy atom. The summed E-state index contributed by atoms with van der Waals surface area (Å²) in [6, 6.07) is 4.70. The van der Waals surface area contributed by atoms with Gasteiger partial charge in [-0.2, -0.15) is 13.2 Å². The Labute approximate surface area is 158 Å². The molecule has 1 aliphatic rings. The molecule has 2 heterocycles. The van der Waals surface area contributed by atoms with Crippen molar-refractivity contribution in [2.75, 3.05) is 25.3 Å². The maximum Gasteiger partial charge on any atom is 0.422 e. The molecule has 0 unspecified atom stereocenters. The number of rotatable bonds is 6. The molecule has 0 radical (unpaired) electrons. The zero-order valence-corrected chi connectivity index (χ0v) is 14.5. The maximum atomic E-state index is 12.7. The Morgan fingerprint density at radius 3 is 2.82 bits per heavy atom. The average molecular weight is 395 g/mol. The van der Waals surface area contributed by atoms with Crippen molar-refractivity contribution in [1.29, 1.82) is 0 Å². The second kappa shape index (κ2) is 8.70. The number of alkyl halides is 3. The van der Waals surface area contributed by atoms with E-state index < -0.39 is 18.8 Å². The number of nitrogens with one attached hydrogen (secondary N) is 1. The van der Waals surface area contributed by atoms with Gasteiger partial charge in [-0.1, -0.05) is 18.2 Å². The molecule has 0 fully saturated rings. The second-order valence-corrected chi connectivity index (χ2v) is 5.72. The van der Waals surface area contributed by atoms with E-state index in [1.54, 1.807) is 18.2 Å². The van der Waals surface area contributed by atoms with Crippen LogP contribution < -0.4 is 10.2 Å². The van der Waals surface area contributed by atoms with Crippen molar-refractivity contribution >= 4 is 17.2 Å². The van der Waals surface area contributed by atoms with Gasteiger partial charge in [0.25, 0.3) is 0 Å². The Bertz CT molecular complexity index is 857. The summed E-state index contributed by atoms with van der Waals surface area (Å²) in [5.74, 6) is -0.912. The highest BCUT2D eigenvalue weighted by atomic mass is 19.4. The molecular formula is C18H16F3N3O4. The molecule has 0 saturated carbocycles. The molecule has 3 rings (SSSR count). The summed E-state index contributed by atoms with van der Waals surface area (Å²) in [5, 5.41) is 0. The molecule has 2 aromatic rings. The first-order valence-corrected chi connectivity index (χ1v) is 8.27. The van der Waals surface area contributed by atoms with E-state index in [0.717, 1.165) is 5.57 Å². The van der Waals surface area contributed by atoms with Crippen molar-refractivity contribution in [2.24, 2.45) is 0 Å². The highest BCUT2D eigenvalue weighted by Crippen LogP contribution is 2.37. The quantitative estimate of drug-likeness (QED) is 0.751. The molecule has 0 bridgehead atoms. The van der Waals surface area contributed by atoms with Gasteiger partial charge in [-0.25, -0.2) is 15.3 Å². The summed E-state index contributed by atoms with van der Waals surface area (Å²) < 4.78 is 48.4. The predicted molar refractivity (Wildman–Crippen MR) is 92.5 cm³/mol. The minimum atomic E-state index is -4.52. The van der Waals surface area contributed by atoms with Crippen LogP contribution in [0.4, 0.5) is 18.9 Å². The number of hydrogen-bond acceptors (Lipinski definition) is 7. The highest BCUT2D eigenvalue weighted by Gasteiger charge is 2.30. The Hall–Kier alpha value is -3.14. The first-order chi connectivity index (χ1) is 13.4. The lowest BCUT2D eigenvalue weighted by molar-refractivity contribution is -0.153. The second-order valence-electron chi connectivity index (χ2n) is 5.72. The summed E-state index contributed by atoms with van der Waals surface area (Å²) in [6.45, 7) is -0.683. The third-order valence-electron chi connectivity index (χ3n) is 3.73. The van der Waals surface area contributed by atoms with E-state index in [-0.39, 0.29) is 17.1 Å². The van der Waals surface area contributed by atoms with Crippen LogP contribution in [0.15, 0.2) is 42.9 Å². The molecule has 1 aromatic carbocycles. The molecular weight excluding hydrogens is 379 g/mol. The number of anilines is 1. The van der Waals surface area contributed by atoms with Gasteiger partial charge in [0.1, 0.15) is 5.69 Å². The van der Waals surface area contributed by atoms with Gasteiger partial charge in [0, 0.05) is 18.0 Å². The molecule has 10 heteroatoms. The first-order valence-electron chi connectivity index (χ1n) is 8.27. The zero-order valence-electron chi connectivity index (χ0n) is 14.5. The van der Waals surface area contributed by atoms with Crippen molar-refractivity contribution in [3.05, 3.63) is 54.1 Å². The standard InChI is InChI=1S/C18H16F3N3O4/c19-18(20,21)11-27-16-13(12-4-8-26-9-5-12)2-1-3-14(16)24-28-17(25)15-10-22-6-7-23-15/h1-4,6-7,10,24H,5,8-9,11H2. The number of aromatic nitrogens is 2. The van der Waals surface area contributed by atoms with Crippen molar-refractivity contribution in [3.63, 3.8) is 0 Å². The molecule has 1 aliphatic heterocycles. The molecule has 0 spiro atoms. The van der Waals surface area contributed by atoms with Crippen LogP contribution in [-0.4, -0.2) is 41.9 Å². The summed E-state index contributed by atoms with van der Waals surface area (Å²) in [4.78, 5) is 24.5. The topological polar surface area (TPSA) is 82.6 Å². The largest absolute Gasteiger partial charge is 0.481 e. The summed E-state index contributed by atoms with van der Waals surface area (Å²) in [5.41, 5.74) is 3.63. The van der Waals surface area contributed by atoms with Crippen LogP contribution in [0.5, 0.6) is 5.75 Å². The third kappa shape index (κ3) is 5.19. The molecule has 1 aromatic heterocycles. The van der Waals surface area contributed by atoms with Crippen molar-refractivity contribution in [2.45, 2.75) is 12.6 Å². The number of para-hydroxylation sites is 1. The van der Waals surface area contributed by atoms with Crippen LogP contribution in [0, 0.1) is 0 Å². The van der Waals surface area contributed by atoms with Crippen LogP contribution in [0.25, 0.3) is 5.57 Å². The molecule has 0 amide bonds. The molecule has 148 valence electrons. The fourth-order valence-corrected chi connectivity index (χ4v) is 2.51. The fourth-order valence-electron chi connectivity index (χ4n) is 2.51. The lowest BCUT2D eigenvalue weighted by Crippen LogP contribution is -2.21. The smallest absolute Gasteiger partial charge is 0.422 e. The highest BCUT2D eigenvalue weighted by molar-refractivity contribution is 5.87. The van der Waals surface area contributed by atoms with Crippen molar-refractivity contribution in [3.8, 4) is 5.75 Å². The van der Waals surface area contributed by atoms with E-state index in [2.05, 4.69) is 15.4 Å². The molecule has 0 aliphatic carbocycles. The number of ether oxygens (including phenoxy) is 2. The summed E-state index contributed by atoms with van der Waals surface area (Å²) >= 11 is 0. The van der Waals surface area contributed by atoms with Gasteiger partial charge in [-0.05, 0) is 18.1 Å². The monoisotopic (exact) mass is 395 g/mol. The number of carbonyl (C=O) groups is 1. The molecule has 1 N–H and O–H groups in total. The van der Waals surface area contributed by atoms with E-state index in [0.29, 0.717) is 25.2 Å². The van der Waals surface area contributed by atoms with E-state index in [1.165, 1.54) is 24.7 Å². The van der Waals surface area contributed by atoms with Gasteiger partial charge >= 0.3 is 12.1 Å². The molecule has 0 saturated heterocycles. The zero-order chi connectivity index (χ0) is 20.0. The van der Waals surface area contributed by atoms with Gasteiger partial charge < -0.3 is 14.3 Å². The maximum absolute atomic E-state index is 12.7. The number of nitrogens with zero attached hydrogens (tertiary/aromatic N) is 2. The minimum Gasteiger partial charge on any atom is -0.481 e. The normalized spacial score (nSPS) is 14.2. The van der Waals surface area contributed by atoms with Crippen LogP contribution in [0.2, 0.25) is 0 Å². The number of halogens is 3. The van der Waals surface area contributed by atoms with Crippen LogP contribution in [-0.2, 0) is 9.57 Å². The van der Waals surface area contributed by atoms with Crippen LogP contribution in [0.3, 0.4) is 0 Å². The summed E-state index contributed by atoms with van der Waals surface area (Å²) in [7, 11) is 0. The number of hydrogen-bond donors (Lipinski definition) is 1. The fraction of sp³-hybridized carbons (Fsp3) is 0.278. The average Bonchev–Trinajstić information content (AvgIpc) is 2.71. The van der Waals surface area contributed by atoms with Gasteiger partial charge in [0.2, 0.25) is 0 Å². The van der Waals surface area contributed by atoms with E-state index in [9.17, 15) is 18.0 Å². The van der Waals surface area contributed by atoms with Crippen LogP contribution >= 0.6 is 0 Å². The Kier molecular flexibility index (Phi) is 6.09. The van der Waals surface area contributed by atoms with Crippen molar-refractivity contribution in [1.82, 2.24) is 9.97 Å². The van der Waals surface area contributed by atoms with E-state index in [1.807, 2.05) is 0 Å². The Balaban J connectivity index is 1.84. The van der Waals surface area contributed by atoms with Crippen molar-refractivity contribution < 1.29 is 32.3 Å². The van der Waals surface area contributed by atoms with E-state index in [4.69, 9.17) is 14.3 Å². The van der Waals surface area contributed by atoms with Gasteiger partial charge in [-0.15, -0.1) is 0 Å². The van der Waals surface area contributed by atoms with E-state index >= 15 is 0 Å². The van der Waals surface area contributed by atoms with Gasteiger partial charge in [0.15, 0.2) is 18.1 Å². The lowest BCUT2D eigenvalue weighted by atomic mass is 10.00. The molecule has 0 atom stereocenters. The number of carbonyl (C=O) groups excluding carboxylic acids is 1. The van der Waals surface area contributed by atoms with Gasteiger partial charge in [-0.3, -0.25) is 4.98 Å². The molecule has 28 heavy (non-hydrogen) atoms. The van der Waals surface area contributed by atoms with Crippen LogP contribution in [0.1, 0.15) is 22.5 Å². The summed E-state index contributed by atoms with van der Waals surface area (Å²) in [6.07, 6.45) is 1.67. The first kappa shape index (κ1) is 19.6. The Morgan fingerprint density at radius 2 is 2.14 bits per heavy atom. The lowest BCUT2D eigenvalue weighted by Gasteiger charge is -2.20. The SMILES string of the molecule is O=C(ONc1cccc(C2=CCOCC2)c1OCC(F)(F)F)c1cnccn1. The minimum absolute atomic E-state index is 0.0592. The predicted octanol–water partition coefficient (Wildman–Crippen LogP) is 3.41. The third-order valence-corrected chi connectivity index (χ3v) is 3.73. The van der Waals surface area contributed by atoms with Gasteiger partial charge in [0.05, 0.1) is 19.4 Å².